The van der Waals surface area contributed by atoms with Gasteiger partial charge in [-0.25, -0.2) is 8.78 Å². The van der Waals surface area contributed by atoms with E-state index < -0.39 is 37.3 Å². The molecule has 0 spiro atoms. The van der Waals surface area contributed by atoms with Gasteiger partial charge in [0.1, 0.15) is 0 Å². The zero-order chi connectivity index (χ0) is 22.6. The molecule has 12 heteroatoms. The molecule has 2 aromatic carbocycles. The summed E-state index contributed by atoms with van der Waals surface area (Å²) in [6, 6.07) is 7.19. The van der Waals surface area contributed by atoms with E-state index in [4.69, 9.17) is 0 Å². The van der Waals surface area contributed by atoms with Crippen LogP contribution in [0.15, 0.2) is 46.2 Å². The number of benzene rings is 2. The molecule has 0 bridgehead atoms. The van der Waals surface area contributed by atoms with Crippen molar-refractivity contribution in [1.29, 1.82) is 0 Å². The van der Waals surface area contributed by atoms with Crippen LogP contribution in [0.2, 0.25) is 0 Å². The minimum Gasteiger partial charge on any atom is -0.593 e. The summed E-state index contributed by atoms with van der Waals surface area (Å²) in [6.07, 6.45) is 0.107. The van der Waals surface area contributed by atoms with E-state index in [-0.39, 0.29) is 43.4 Å². The van der Waals surface area contributed by atoms with Crippen molar-refractivity contribution < 1.29 is 31.1 Å². The Bertz CT molecular complexity index is 1130. The summed E-state index contributed by atoms with van der Waals surface area (Å²) in [6.45, 7) is -0.843. The molecule has 2 aromatic rings. The Labute approximate surface area is 180 Å². The number of rotatable bonds is 4. The van der Waals surface area contributed by atoms with Crippen LogP contribution >= 0.6 is 0 Å². The fourth-order valence-corrected chi connectivity index (χ4v) is 6.77. The van der Waals surface area contributed by atoms with Crippen molar-refractivity contribution in [3.63, 3.8) is 0 Å². The number of carbonyl (C=O) groups excluding carboxylic acids is 1. The zero-order valence-electron chi connectivity index (χ0n) is 16.5. The molecule has 4 rings (SSSR count). The van der Waals surface area contributed by atoms with Gasteiger partial charge in [0, 0.05) is 18.8 Å². The fraction of sp³-hybridized carbons (Fsp3) is 0.316. The molecule has 2 aliphatic heterocycles. The first-order valence-corrected chi connectivity index (χ1v) is 12.3. The number of carbonyl (C=O) groups is 1. The molecule has 1 fully saturated rings. The molecular formula is C19H19F2N3O5S2. The van der Waals surface area contributed by atoms with Gasteiger partial charge < -0.3 is 14.0 Å². The van der Waals surface area contributed by atoms with E-state index in [1.165, 1.54) is 17.0 Å². The number of anilines is 1. The number of fused-ring (bicyclic) bond motifs is 1. The van der Waals surface area contributed by atoms with Crippen molar-refractivity contribution in [2.24, 2.45) is 0 Å². The minimum atomic E-state index is -4.46. The van der Waals surface area contributed by atoms with Gasteiger partial charge in [-0.3, -0.25) is 4.79 Å². The average molecular weight is 472 g/mol. The number of sulfonamides is 2. The van der Waals surface area contributed by atoms with Crippen molar-refractivity contribution >= 4 is 32.4 Å². The standard InChI is InChI=1S/C19H19F2N3O5S2/c1-22-17-6-5-14(11-13(17)12-18(22)25)30(26,27)23-7-9-24(10-8-23)31(28,29)19-15(20)3-2-4-16(19)21/h2-6,11H,7-10,12H2,1H3. The minimum absolute atomic E-state index is 0.00538. The third-order valence-electron chi connectivity index (χ3n) is 5.48. The van der Waals surface area contributed by atoms with E-state index >= 15 is 0 Å². The molecule has 0 aromatic heterocycles. The van der Waals surface area contributed by atoms with Crippen LogP contribution in [-0.4, -0.2) is 56.8 Å². The van der Waals surface area contributed by atoms with E-state index in [2.05, 4.69) is 0 Å². The molecule has 2 aliphatic rings. The highest BCUT2D eigenvalue weighted by Gasteiger charge is 2.42. The second-order valence-corrected chi connectivity index (χ2v) is 11.1. The summed E-state index contributed by atoms with van der Waals surface area (Å²) in [5, 5.41) is 0. The van der Waals surface area contributed by atoms with Gasteiger partial charge in [0.05, 0.1) is 32.6 Å². The van der Waals surface area contributed by atoms with Crippen LogP contribution in [0.1, 0.15) is 5.56 Å². The van der Waals surface area contributed by atoms with Crippen molar-refractivity contribution in [1.82, 2.24) is 8.61 Å². The second-order valence-electron chi connectivity index (χ2n) is 7.28. The number of hydrogen-bond acceptors (Lipinski definition) is 5. The molecule has 0 radical (unpaired) electrons. The predicted octanol–water partition coefficient (Wildman–Crippen LogP) is 1.61. The highest BCUT2D eigenvalue weighted by Crippen LogP contribution is 2.34. The van der Waals surface area contributed by atoms with Gasteiger partial charge in [-0.05, 0) is 29.8 Å². The van der Waals surface area contributed by atoms with Gasteiger partial charge in [-0.15, -0.1) is 8.61 Å². The van der Waals surface area contributed by atoms with Crippen LogP contribution in [0.5, 0.6) is 0 Å². The normalized spacial score (nSPS) is 21.6. The lowest BCUT2D eigenvalue weighted by molar-refractivity contribution is -0.117. The molecular weight excluding hydrogens is 452 g/mol. The SMILES string of the molecule is CN1C(=O)Cc2cc([S+](=O)([O-])N3CCN([S+](=O)([O-])c4c(F)cccc4F)CC3)ccc21. The smallest absolute Gasteiger partial charge is 0.246 e. The van der Waals surface area contributed by atoms with E-state index in [9.17, 15) is 31.1 Å². The molecule has 8 nitrogen and oxygen atoms in total. The molecule has 31 heavy (non-hydrogen) atoms. The lowest BCUT2D eigenvalue weighted by Crippen LogP contribution is -2.54. The van der Waals surface area contributed by atoms with Crippen LogP contribution < -0.4 is 4.90 Å². The highest BCUT2D eigenvalue weighted by molar-refractivity contribution is 7.96. The molecule has 2 unspecified atom stereocenters. The maximum atomic E-state index is 14.0. The van der Waals surface area contributed by atoms with Crippen LogP contribution in [0.3, 0.4) is 0 Å². The Hall–Kier alpha value is -2.09. The third kappa shape index (κ3) is 3.73. The Morgan fingerprint density at radius 1 is 0.903 bits per heavy atom. The van der Waals surface area contributed by atoms with Gasteiger partial charge in [0.25, 0.3) is 0 Å². The van der Waals surface area contributed by atoms with Gasteiger partial charge >= 0.3 is 0 Å². The summed E-state index contributed by atoms with van der Waals surface area (Å²) >= 11 is 0. The maximum Gasteiger partial charge on any atom is 0.246 e. The van der Waals surface area contributed by atoms with Crippen molar-refractivity contribution in [2.75, 3.05) is 38.1 Å². The van der Waals surface area contributed by atoms with Crippen LogP contribution in [0.4, 0.5) is 14.5 Å². The molecule has 2 heterocycles. The molecule has 1 saturated heterocycles. The van der Waals surface area contributed by atoms with Gasteiger partial charge in [0.15, 0.2) is 37.3 Å². The largest absolute Gasteiger partial charge is 0.593 e. The van der Waals surface area contributed by atoms with Crippen LogP contribution in [-0.2, 0) is 40.4 Å². The van der Waals surface area contributed by atoms with E-state index in [0.717, 1.165) is 26.8 Å². The zero-order valence-corrected chi connectivity index (χ0v) is 18.1. The monoisotopic (exact) mass is 471 g/mol. The van der Waals surface area contributed by atoms with Crippen molar-refractivity contribution in [3.8, 4) is 0 Å². The topological polar surface area (TPSA) is 107 Å². The lowest BCUT2D eigenvalue weighted by atomic mass is 10.2. The number of amides is 1. The Kier molecular flexibility index (Phi) is 5.56. The Balaban J connectivity index is 1.52. The second kappa shape index (κ2) is 7.80. The van der Waals surface area contributed by atoms with Crippen molar-refractivity contribution in [2.45, 2.75) is 16.2 Å². The molecule has 0 saturated carbocycles. The Morgan fingerprint density at radius 3 is 2.03 bits per heavy atom. The quantitative estimate of drug-likeness (QED) is 0.630. The molecule has 0 N–H and O–H groups in total. The molecule has 0 aliphatic carbocycles. The van der Waals surface area contributed by atoms with Crippen LogP contribution in [0, 0.1) is 11.6 Å². The number of nitrogens with zero attached hydrogens (tertiary/aromatic N) is 3. The first-order valence-electron chi connectivity index (χ1n) is 9.37. The molecule has 166 valence electrons. The fourth-order valence-electron chi connectivity index (χ4n) is 3.76. The highest BCUT2D eigenvalue weighted by atomic mass is 32.3. The van der Waals surface area contributed by atoms with Crippen molar-refractivity contribution in [3.05, 3.63) is 53.6 Å². The van der Waals surface area contributed by atoms with Gasteiger partial charge in [-0.1, -0.05) is 14.5 Å². The predicted molar refractivity (Wildman–Crippen MR) is 107 cm³/mol. The van der Waals surface area contributed by atoms with Gasteiger partial charge in [0.2, 0.25) is 10.8 Å². The average Bonchev–Trinajstić information content (AvgIpc) is 3.01. The van der Waals surface area contributed by atoms with E-state index in [0.29, 0.717) is 11.3 Å². The molecule has 1 amide bonds. The molecule has 2 atom stereocenters. The maximum absolute atomic E-state index is 14.0. The number of halogens is 2. The number of piperazine rings is 1. The summed E-state index contributed by atoms with van der Waals surface area (Å²) < 4.78 is 81.4. The third-order valence-corrected chi connectivity index (χ3v) is 9.33. The summed E-state index contributed by atoms with van der Waals surface area (Å²) in [5.41, 5.74) is 1.25. The summed E-state index contributed by atoms with van der Waals surface area (Å²) in [4.78, 5) is 12.3. The number of likely N-dealkylation sites (N-methyl/N-ethyl adjacent to an activating group) is 1. The van der Waals surface area contributed by atoms with E-state index in [1.54, 1.807) is 13.1 Å². The number of hydrogen-bond donors (Lipinski definition) is 0. The van der Waals surface area contributed by atoms with Crippen LogP contribution in [0.25, 0.3) is 0 Å². The summed E-state index contributed by atoms with van der Waals surface area (Å²) in [5.74, 6) is -2.54. The Morgan fingerprint density at radius 2 is 1.45 bits per heavy atom. The first kappa shape index (κ1) is 22.1. The first-order chi connectivity index (χ1) is 14.5. The summed E-state index contributed by atoms with van der Waals surface area (Å²) in [7, 11) is -6.78. The van der Waals surface area contributed by atoms with Gasteiger partial charge in [-0.2, -0.15) is 0 Å². The van der Waals surface area contributed by atoms with E-state index in [1.807, 2.05) is 0 Å². The lowest BCUT2D eigenvalue weighted by Gasteiger charge is -2.36.